The van der Waals surface area contributed by atoms with E-state index in [4.69, 9.17) is 33.2 Å². The Morgan fingerprint density at radius 3 is 2.20 bits per heavy atom. The molecule has 2 heterocycles. The minimum absolute atomic E-state index is 0.0201. The van der Waals surface area contributed by atoms with Crippen molar-refractivity contribution in [2.45, 2.75) is 13.0 Å². The van der Waals surface area contributed by atoms with E-state index in [1.807, 2.05) is 48.5 Å². The fourth-order valence-electron chi connectivity index (χ4n) is 5.17. The number of carbonyl (C=O) groups excluding carboxylic acids is 2. The van der Waals surface area contributed by atoms with Crippen LogP contribution in [0.15, 0.2) is 60.7 Å². The second-order valence-corrected chi connectivity index (χ2v) is 10.1. The number of morpholine rings is 1. The molecule has 0 aliphatic carbocycles. The number of methoxy groups -OCH3 is 4. The molecule has 0 atom stereocenters. The van der Waals surface area contributed by atoms with Gasteiger partial charge < -0.3 is 38.1 Å². The third-order valence-corrected chi connectivity index (χ3v) is 7.44. The van der Waals surface area contributed by atoms with E-state index >= 15 is 0 Å². The highest BCUT2D eigenvalue weighted by Gasteiger charge is 2.26. The Hall–Kier alpha value is -5.03. The van der Waals surface area contributed by atoms with Crippen molar-refractivity contribution >= 4 is 22.6 Å². The summed E-state index contributed by atoms with van der Waals surface area (Å²) >= 11 is 0. The number of benzene rings is 3. The minimum Gasteiger partial charge on any atom is -0.493 e. The molecule has 236 valence electrons. The molecule has 0 unspecified atom stereocenters. The molecule has 1 fully saturated rings. The fourth-order valence-corrected chi connectivity index (χ4v) is 5.17. The summed E-state index contributed by atoms with van der Waals surface area (Å²) in [5, 5.41) is 1.22. The average Bonchev–Trinajstić information content (AvgIpc) is 3.10. The van der Waals surface area contributed by atoms with Crippen LogP contribution in [0.4, 0.5) is 0 Å². The lowest BCUT2D eigenvalue weighted by Gasteiger charge is -2.26. The molecular formula is C34H36N2O9. The summed E-state index contributed by atoms with van der Waals surface area (Å²) in [5.41, 5.74) is 2.08. The molecule has 1 aromatic heterocycles. The van der Waals surface area contributed by atoms with Crippen LogP contribution in [0.2, 0.25) is 0 Å². The van der Waals surface area contributed by atoms with E-state index in [1.54, 1.807) is 17.0 Å². The number of amides is 1. The molecule has 45 heavy (non-hydrogen) atoms. The first kappa shape index (κ1) is 31.4. The van der Waals surface area contributed by atoms with E-state index in [2.05, 4.69) is 4.98 Å². The summed E-state index contributed by atoms with van der Waals surface area (Å²) < 4.78 is 39.4. The Labute approximate surface area is 261 Å². The second-order valence-electron chi connectivity index (χ2n) is 10.1. The topological polar surface area (TPSA) is 115 Å². The Kier molecular flexibility index (Phi) is 10.2. The van der Waals surface area contributed by atoms with Gasteiger partial charge in [-0.05, 0) is 46.8 Å². The van der Waals surface area contributed by atoms with Gasteiger partial charge in [0.25, 0.3) is 0 Å². The number of ether oxygens (including phenoxy) is 7. The first-order valence-corrected chi connectivity index (χ1v) is 14.5. The van der Waals surface area contributed by atoms with Gasteiger partial charge >= 0.3 is 5.97 Å². The van der Waals surface area contributed by atoms with Crippen molar-refractivity contribution < 1.29 is 42.7 Å². The van der Waals surface area contributed by atoms with Crippen LogP contribution >= 0.6 is 0 Å². The van der Waals surface area contributed by atoms with Crippen LogP contribution < -0.4 is 23.7 Å². The first-order chi connectivity index (χ1) is 22.0. The normalized spacial score (nSPS) is 12.8. The zero-order valence-electron chi connectivity index (χ0n) is 25.8. The minimum atomic E-state index is -0.667. The van der Waals surface area contributed by atoms with E-state index in [-0.39, 0.29) is 30.5 Å². The van der Waals surface area contributed by atoms with Gasteiger partial charge in [-0.1, -0.05) is 30.3 Å². The standard InChI is InChI=1S/C34H36N2O9/c1-39-27-18-23(19-28(40-2)32(27)41-3)30-25-11-10-24(45-21-22-8-6-5-7-9-22)20-26(25)33(35-31(30)34(38)42-4)44-15-12-29(37)36-13-16-43-17-14-36/h5-11,18-20H,12-17,21H2,1-4H3. The SMILES string of the molecule is COC(=O)c1nc(OCCC(=O)N2CCOCC2)c2cc(OCc3ccccc3)ccc2c1-c1cc(OC)c(OC)c(OC)c1. The van der Waals surface area contributed by atoms with Gasteiger partial charge in [0.2, 0.25) is 17.5 Å². The highest BCUT2D eigenvalue weighted by Crippen LogP contribution is 2.45. The van der Waals surface area contributed by atoms with Gasteiger partial charge in [0.1, 0.15) is 12.4 Å². The maximum atomic E-state index is 13.2. The summed E-state index contributed by atoms with van der Waals surface area (Å²) in [4.78, 5) is 32.4. The molecule has 1 aliphatic heterocycles. The van der Waals surface area contributed by atoms with Crippen LogP contribution in [0.3, 0.4) is 0 Å². The quantitative estimate of drug-likeness (QED) is 0.203. The summed E-state index contributed by atoms with van der Waals surface area (Å²) in [6.45, 7) is 2.50. The van der Waals surface area contributed by atoms with Gasteiger partial charge in [-0.2, -0.15) is 0 Å². The number of esters is 1. The number of hydrogen-bond acceptors (Lipinski definition) is 10. The smallest absolute Gasteiger partial charge is 0.357 e. The number of rotatable bonds is 12. The van der Waals surface area contributed by atoms with Gasteiger partial charge in [0, 0.05) is 24.0 Å². The van der Waals surface area contributed by atoms with Crippen molar-refractivity contribution in [3.8, 4) is 40.0 Å². The molecule has 1 amide bonds. The molecule has 5 rings (SSSR count). The van der Waals surface area contributed by atoms with Crippen LogP contribution in [0.1, 0.15) is 22.5 Å². The van der Waals surface area contributed by atoms with Crippen molar-refractivity contribution in [1.82, 2.24) is 9.88 Å². The lowest BCUT2D eigenvalue weighted by molar-refractivity contribution is -0.135. The molecule has 0 spiro atoms. The molecule has 3 aromatic carbocycles. The summed E-state index contributed by atoms with van der Waals surface area (Å²) in [6, 6.07) is 18.8. The average molecular weight is 617 g/mol. The van der Waals surface area contributed by atoms with Crippen molar-refractivity contribution in [3.05, 3.63) is 71.9 Å². The third-order valence-electron chi connectivity index (χ3n) is 7.44. The Balaban J connectivity index is 1.60. The summed E-state index contributed by atoms with van der Waals surface area (Å²) in [5.74, 6) is 1.24. The van der Waals surface area contributed by atoms with E-state index in [1.165, 1.54) is 28.4 Å². The van der Waals surface area contributed by atoms with Crippen LogP contribution in [0.5, 0.6) is 28.9 Å². The van der Waals surface area contributed by atoms with Gasteiger partial charge in [-0.3, -0.25) is 4.79 Å². The molecule has 4 aromatic rings. The molecule has 11 heteroatoms. The molecule has 0 N–H and O–H groups in total. The number of hydrogen-bond donors (Lipinski definition) is 0. The summed E-state index contributed by atoms with van der Waals surface area (Å²) in [7, 11) is 5.84. The zero-order valence-corrected chi connectivity index (χ0v) is 25.8. The van der Waals surface area contributed by atoms with Crippen molar-refractivity contribution in [2.75, 3.05) is 61.3 Å². The highest BCUT2D eigenvalue weighted by molar-refractivity contribution is 6.09. The predicted molar refractivity (Wildman–Crippen MR) is 166 cm³/mol. The number of pyridine rings is 1. The number of nitrogens with zero attached hydrogens (tertiary/aromatic N) is 2. The highest BCUT2D eigenvalue weighted by atomic mass is 16.5. The van der Waals surface area contributed by atoms with Crippen LogP contribution in [0.25, 0.3) is 21.9 Å². The van der Waals surface area contributed by atoms with E-state index in [9.17, 15) is 9.59 Å². The van der Waals surface area contributed by atoms with Crippen LogP contribution in [0, 0.1) is 0 Å². The van der Waals surface area contributed by atoms with Crippen molar-refractivity contribution in [3.63, 3.8) is 0 Å². The van der Waals surface area contributed by atoms with Gasteiger partial charge in [0.15, 0.2) is 17.2 Å². The van der Waals surface area contributed by atoms with Crippen LogP contribution in [-0.4, -0.2) is 83.1 Å². The molecule has 0 saturated carbocycles. The lowest BCUT2D eigenvalue weighted by Crippen LogP contribution is -2.41. The van der Waals surface area contributed by atoms with E-state index in [0.717, 1.165) is 5.56 Å². The Bertz CT molecular complexity index is 1630. The Morgan fingerprint density at radius 2 is 1.56 bits per heavy atom. The molecule has 1 aliphatic rings. The Morgan fingerprint density at radius 1 is 0.844 bits per heavy atom. The molecule has 11 nitrogen and oxygen atoms in total. The number of aromatic nitrogens is 1. The molecule has 1 saturated heterocycles. The summed E-state index contributed by atoms with van der Waals surface area (Å²) in [6.07, 6.45) is 0.134. The third kappa shape index (κ3) is 7.04. The first-order valence-electron chi connectivity index (χ1n) is 14.5. The monoisotopic (exact) mass is 616 g/mol. The van der Waals surface area contributed by atoms with Crippen molar-refractivity contribution in [2.24, 2.45) is 0 Å². The van der Waals surface area contributed by atoms with Gasteiger partial charge in [0.05, 0.1) is 54.7 Å². The van der Waals surface area contributed by atoms with Crippen molar-refractivity contribution in [1.29, 1.82) is 0 Å². The lowest BCUT2D eigenvalue weighted by atomic mass is 9.96. The van der Waals surface area contributed by atoms with E-state index in [0.29, 0.717) is 77.8 Å². The maximum Gasteiger partial charge on any atom is 0.357 e. The molecule has 0 bridgehead atoms. The van der Waals surface area contributed by atoms with E-state index < -0.39 is 5.97 Å². The molecule has 0 radical (unpaired) electrons. The largest absolute Gasteiger partial charge is 0.493 e. The molecular weight excluding hydrogens is 580 g/mol. The second kappa shape index (κ2) is 14.6. The maximum absolute atomic E-state index is 13.2. The number of carbonyl (C=O) groups is 2. The van der Waals surface area contributed by atoms with Gasteiger partial charge in [-0.25, -0.2) is 9.78 Å². The predicted octanol–water partition coefficient (Wildman–Crippen LogP) is 4.92. The number of fused-ring (bicyclic) bond motifs is 1. The zero-order chi connectivity index (χ0) is 31.8. The van der Waals surface area contributed by atoms with Gasteiger partial charge in [-0.15, -0.1) is 0 Å². The fraction of sp³-hybridized carbons (Fsp3) is 0.324. The van der Waals surface area contributed by atoms with Crippen LogP contribution in [-0.2, 0) is 20.9 Å².